The molecule has 0 aliphatic rings. The van der Waals surface area contributed by atoms with Crippen LogP contribution in [0.5, 0.6) is 0 Å². The SMILES string of the molecule is O=C(c1ccccc1)c1ccc(-c2ccccc2)[nH]c1=O. The lowest BCUT2D eigenvalue weighted by atomic mass is 10.0. The number of ketones is 1. The number of H-pyrrole nitrogens is 1. The third-order valence-corrected chi connectivity index (χ3v) is 3.27. The van der Waals surface area contributed by atoms with Crippen molar-refractivity contribution in [2.24, 2.45) is 0 Å². The fourth-order valence-electron chi connectivity index (χ4n) is 2.18. The van der Waals surface area contributed by atoms with Crippen molar-refractivity contribution in [2.45, 2.75) is 0 Å². The Balaban J connectivity index is 2.00. The van der Waals surface area contributed by atoms with E-state index in [1.54, 1.807) is 36.4 Å². The van der Waals surface area contributed by atoms with E-state index in [0.29, 0.717) is 11.3 Å². The van der Waals surface area contributed by atoms with E-state index in [9.17, 15) is 9.59 Å². The molecule has 0 bridgehead atoms. The summed E-state index contributed by atoms with van der Waals surface area (Å²) in [5, 5.41) is 0. The first-order chi connectivity index (χ1) is 10.3. The summed E-state index contributed by atoms with van der Waals surface area (Å²) in [4.78, 5) is 27.2. The molecule has 3 aromatic rings. The van der Waals surface area contributed by atoms with Crippen LogP contribution in [0.25, 0.3) is 11.3 Å². The Hall–Kier alpha value is -2.94. The summed E-state index contributed by atoms with van der Waals surface area (Å²) >= 11 is 0. The number of benzene rings is 2. The third kappa shape index (κ3) is 2.67. The van der Waals surface area contributed by atoms with Gasteiger partial charge in [-0.2, -0.15) is 0 Å². The average Bonchev–Trinajstić information content (AvgIpc) is 2.56. The summed E-state index contributed by atoms with van der Waals surface area (Å²) in [5.74, 6) is -0.267. The van der Waals surface area contributed by atoms with Crippen molar-refractivity contribution < 1.29 is 4.79 Å². The lowest BCUT2D eigenvalue weighted by Crippen LogP contribution is -2.18. The number of pyridine rings is 1. The van der Waals surface area contributed by atoms with Gasteiger partial charge in [0.2, 0.25) is 0 Å². The minimum absolute atomic E-state index is 0.154. The van der Waals surface area contributed by atoms with Crippen LogP contribution in [0, 0.1) is 0 Å². The van der Waals surface area contributed by atoms with E-state index in [1.165, 1.54) is 0 Å². The zero-order valence-corrected chi connectivity index (χ0v) is 11.2. The number of carbonyl (C=O) groups is 1. The van der Waals surface area contributed by atoms with Gasteiger partial charge in [-0.05, 0) is 17.7 Å². The van der Waals surface area contributed by atoms with Crippen LogP contribution in [0.4, 0.5) is 0 Å². The third-order valence-electron chi connectivity index (χ3n) is 3.27. The zero-order valence-electron chi connectivity index (χ0n) is 11.2. The smallest absolute Gasteiger partial charge is 0.259 e. The number of aromatic amines is 1. The molecule has 2 aromatic carbocycles. The van der Waals surface area contributed by atoms with E-state index in [4.69, 9.17) is 0 Å². The van der Waals surface area contributed by atoms with Crippen molar-refractivity contribution in [3.63, 3.8) is 0 Å². The zero-order chi connectivity index (χ0) is 14.7. The Kier molecular flexibility index (Phi) is 3.48. The van der Waals surface area contributed by atoms with E-state index in [1.807, 2.05) is 36.4 Å². The van der Waals surface area contributed by atoms with Gasteiger partial charge in [0, 0.05) is 11.3 Å². The van der Waals surface area contributed by atoms with Gasteiger partial charge in [0.1, 0.15) is 0 Å². The largest absolute Gasteiger partial charge is 0.321 e. The van der Waals surface area contributed by atoms with Crippen LogP contribution in [0.1, 0.15) is 15.9 Å². The van der Waals surface area contributed by atoms with Crippen LogP contribution in [0.2, 0.25) is 0 Å². The number of carbonyl (C=O) groups excluding carboxylic acids is 1. The van der Waals surface area contributed by atoms with Crippen molar-refractivity contribution in [1.29, 1.82) is 0 Å². The van der Waals surface area contributed by atoms with Crippen LogP contribution in [0.3, 0.4) is 0 Å². The lowest BCUT2D eigenvalue weighted by Gasteiger charge is -2.04. The highest BCUT2D eigenvalue weighted by Gasteiger charge is 2.13. The van der Waals surface area contributed by atoms with Crippen LogP contribution < -0.4 is 5.56 Å². The van der Waals surface area contributed by atoms with Gasteiger partial charge in [-0.25, -0.2) is 0 Å². The van der Waals surface area contributed by atoms with Crippen LogP contribution in [-0.2, 0) is 0 Å². The molecule has 3 rings (SSSR count). The molecular weight excluding hydrogens is 262 g/mol. The molecule has 0 amide bonds. The maximum Gasteiger partial charge on any atom is 0.259 e. The summed E-state index contributed by atoms with van der Waals surface area (Å²) < 4.78 is 0. The van der Waals surface area contributed by atoms with Crippen LogP contribution >= 0.6 is 0 Å². The minimum atomic E-state index is -0.370. The summed E-state index contributed by atoms with van der Waals surface area (Å²) in [7, 11) is 0. The second-order valence-electron chi connectivity index (χ2n) is 4.68. The van der Waals surface area contributed by atoms with Gasteiger partial charge in [0.15, 0.2) is 5.78 Å². The molecule has 0 atom stereocenters. The molecule has 0 unspecified atom stereocenters. The Labute approximate surface area is 121 Å². The van der Waals surface area contributed by atoms with Crippen molar-refractivity contribution in [3.05, 3.63) is 94.3 Å². The summed E-state index contributed by atoms with van der Waals surface area (Å²) in [5.41, 5.74) is 1.90. The maximum absolute atomic E-state index is 12.3. The highest BCUT2D eigenvalue weighted by atomic mass is 16.1. The number of hydrogen-bond acceptors (Lipinski definition) is 2. The summed E-state index contributed by atoms with van der Waals surface area (Å²) in [6, 6.07) is 21.7. The molecule has 0 saturated heterocycles. The van der Waals surface area contributed by atoms with E-state index in [-0.39, 0.29) is 16.9 Å². The van der Waals surface area contributed by atoms with Crippen molar-refractivity contribution in [1.82, 2.24) is 4.98 Å². The van der Waals surface area contributed by atoms with Gasteiger partial charge >= 0.3 is 0 Å². The Morgan fingerprint density at radius 2 is 1.38 bits per heavy atom. The first-order valence-electron chi connectivity index (χ1n) is 6.64. The van der Waals surface area contributed by atoms with Gasteiger partial charge in [0.25, 0.3) is 5.56 Å². The molecule has 3 heteroatoms. The fourth-order valence-corrected chi connectivity index (χ4v) is 2.18. The molecule has 0 aliphatic heterocycles. The molecule has 3 nitrogen and oxygen atoms in total. The molecule has 0 spiro atoms. The molecule has 21 heavy (non-hydrogen) atoms. The quantitative estimate of drug-likeness (QED) is 0.746. The molecule has 1 N–H and O–H groups in total. The van der Waals surface area contributed by atoms with E-state index >= 15 is 0 Å². The summed E-state index contributed by atoms with van der Waals surface area (Å²) in [6.45, 7) is 0. The molecule has 1 aromatic heterocycles. The highest BCUT2D eigenvalue weighted by molar-refractivity contribution is 6.08. The monoisotopic (exact) mass is 275 g/mol. The average molecular weight is 275 g/mol. The predicted molar refractivity (Wildman–Crippen MR) is 82.4 cm³/mol. The topological polar surface area (TPSA) is 49.9 Å². The van der Waals surface area contributed by atoms with Gasteiger partial charge in [-0.1, -0.05) is 60.7 Å². The first-order valence-corrected chi connectivity index (χ1v) is 6.64. The normalized spacial score (nSPS) is 10.3. The first kappa shape index (κ1) is 13.1. The number of rotatable bonds is 3. The Morgan fingerprint density at radius 1 is 0.762 bits per heavy atom. The predicted octanol–water partition coefficient (Wildman–Crippen LogP) is 3.27. The highest BCUT2D eigenvalue weighted by Crippen LogP contribution is 2.15. The van der Waals surface area contributed by atoms with E-state index < -0.39 is 0 Å². The van der Waals surface area contributed by atoms with Crippen molar-refractivity contribution in [2.75, 3.05) is 0 Å². The fraction of sp³-hybridized carbons (Fsp3) is 0. The van der Waals surface area contributed by atoms with Crippen LogP contribution in [0.15, 0.2) is 77.6 Å². The number of hydrogen-bond donors (Lipinski definition) is 1. The van der Waals surface area contributed by atoms with E-state index in [2.05, 4.69) is 4.98 Å². The number of aromatic nitrogens is 1. The van der Waals surface area contributed by atoms with E-state index in [0.717, 1.165) is 5.56 Å². The minimum Gasteiger partial charge on any atom is -0.321 e. The van der Waals surface area contributed by atoms with Crippen molar-refractivity contribution >= 4 is 5.78 Å². The molecular formula is C18H13NO2. The summed E-state index contributed by atoms with van der Waals surface area (Å²) in [6.07, 6.45) is 0. The Morgan fingerprint density at radius 3 is 2.00 bits per heavy atom. The molecule has 1 heterocycles. The molecule has 0 fully saturated rings. The van der Waals surface area contributed by atoms with Gasteiger partial charge in [-0.15, -0.1) is 0 Å². The van der Waals surface area contributed by atoms with Gasteiger partial charge in [-0.3, -0.25) is 9.59 Å². The van der Waals surface area contributed by atoms with Gasteiger partial charge < -0.3 is 4.98 Å². The van der Waals surface area contributed by atoms with Crippen LogP contribution in [-0.4, -0.2) is 10.8 Å². The maximum atomic E-state index is 12.3. The molecule has 102 valence electrons. The second-order valence-corrected chi connectivity index (χ2v) is 4.68. The standard InChI is InChI=1S/C18H13NO2/c20-17(14-9-5-2-6-10-14)15-11-12-16(19-18(15)21)13-7-3-1-4-8-13/h1-12H,(H,19,21). The second kappa shape index (κ2) is 5.59. The molecule has 0 aliphatic carbocycles. The van der Waals surface area contributed by atoms with Gasteiger partial charge in [0.05, 0.1) is 5.56 Å². The molecule has 0 saturated carbocycles. The Bertz CT molecular complexity index is 821. The lowest BCUT2D eigenvalue weighted by molar-refractivity contribution is 0.103. The van der Waals surface area contributed by atoms with Crippen molar-refractivity contribution in [3.8, 4) is 11.3 Å². The number of nitrogens with one attached hydrogen (secondary N) is 1. The molecule has 0 radical (unpaired) electrons.